The molecule has 2 fully saturated rings. The molecule has 3 aromatic rings. The number of carbonyl (C=O) groups excluding carboxylic acids is 2. The van der Waals surface area contributed by atoms with Crippen LogP contribution in [0.5, 0.6) is 11.5 Å². The molecule has 1 aromatic carbocycles. The molecule has 1 saturated heterocycles. The molecule has 1 N–H and O–H groups in total. The smallest absolute Gasteiger partial charge is 0.410 e. The molecule has 0 unspecified atom stereocenters. The number of fused-ring (bicyclic) bond motifs is 2. The number of likely N-dealkylation sites (tertiary alicyclic amines) is 1. The van der Waals surface area contributed by atoms with Gasteiger partial charge in [0.25, 0.3) is 0 Å². The fourth-order valence-electron chi connectivity index (χ4n) is 5.53. The largest absolute Gasteiger partial charge is 0.454 e. The molecular weight excluding hydrogens is 526 g/mol. The summed E-state index contributed by atoms with van der Waals surface area (Å²) in [7, 11) is 0. The highest BCUT2D eigenvalue weighted by molar-refractivity contribution is 5.81. The number of rotatable bonds is 5. The van der Waals surface area contributed by atoms with Gasteiger partial charge in [0.05, 0.1) is 24.5 Å². The van der Waals surface area contributed by atoms with Gasteiger partial charge in [0, 0.05) is 36.8 Å². The van der Waals surface area contributed by atoms with Crippen LogP contribution in [-0.4, -0.2) is 72.8 Å². The summed E-state index contributed by atoms with van der Waals surface area (Å²) in [5.41, 5.74) is 1.87. The molecule has 3 aliphatic heterocycles. The molecular formula is C29H33N7O5. The number of ether oxygens (including phenoxy) is 3. The van der Waals surface area contributed by atoms with Crippen molar-refractivity contribution in [3.05, 3.63) is 41.9 Å². The minimum absolute atomic E-state index is 0.0810. The Bertz CT molecular complexity index is 1530. The summed E-state index contributed by atoms with van der Waals surface area (Å²) in [5, 5.41) is 3.43. The first-order chi connectivity index (χ1) is 19.7. The van der Waals surface area contributed by atoms with Gasteiger partial charge in [-0.15, -0.1) is 0 Å². The zero-order valence-corrected chi connectivity index (χ0v) is 23.4. The standard InChI is InChI=1S/C29H33N7O5/c1-29(2,3)41-28(38)35-14-20-21(15-35)36(25(32-20)18-6-7-22-23(12-18)40-16-39-22)24-8-10-30-27(33-24)31-19-9-11-34(13-19)26(37)17-4-5-17/h6-8,10,12,17,19H,4-5,9,11,13-16H2,1-3H3,(H,30,31,33)/t19-/m0/s1. The molecule has 2 aromatic heterocycles. The first-order valence-corrected chi connectivity index (χ1v) is 14.1. The van der Waals surface area contributed by atoms with Gasteiger partial charge in [0.1, 0.15) is 17.2 Å². The molecule has 1 saturated carbocycles. The van der Waals surface area contributed by atoms with Crippen molar-refractivity contribution >= 4 is 17.9 Å². The molecule has 1 atom stereocenters. The van der Waals surface area contributed by atoms with Gasteiger partial charge in [0.15, 0.2) is 11.5 Å². The highest BCUT2D eigenvalue weighted by Crippen LogP contribution is 2.38. The third-order valence-corrected chi connectivity index (χ3v) is 7.65. The van der Waals surface area contributed by atoms with Crippen LogP contribution in [0.25, 0.3) is 17.2 Å². The lowest BCUT2D eigenvalue weighted by molar-refractivity contribution is -0.131. The Hall–Kier alpha value is -4.35. The van der Waals surface area contributed by atoms with E-state index in [4.69, 9.17) is 24.2 Å². The second-order valence-corrected chi connectivity index (χ2v) is 12.0. The van der Waals surface area contributed by atoms with Gasteiger partial charge in [-0.05, 0) is 64.3 Å². The number of amides is 2. The number of imidazole rings is 1. The molecule has 2 amide bonds. The number of nitrogens with one attached hydrogen (secondary N) is 1. The lowest BCUT2D eigenvalue weighted by Gasteiger charge is -2.24. The average Bonchev–Trinajstić information content (AvgIpc) is 3.25. The summed E-state index contributed by atoms with van der Waals surface area (Å²) in [6, 6.07) is 7.63. The molecule has 0 radical (unpaired) electrons. The van der Waals surface area contributed by atoms with E-state index in [0.717, 1.165) is 42.8 Å². The molecule has 41 heavy (non-hydrogen) atoms. The van der Waals surface area contributed by atoms with E-state index < -0.39 is 5.60 Å². The number of nitrogens with zero attached hydrogens (tertiary/aromatic N) is 6. The van der Waals surface area contributed by atoms with Crippen molar-refractivity contribution in [3.8, 4) is 28.7 Å². The van der Waals surface area contributed by atoms with Crippen LogP contribution in [0.3, 0.4) is 0 Å². The van der Waals surface area contributed by atoms with Crippen molar-refractivity contribution in [2.24, 2.45) is 5.92 Å². The predicted molar refractivity (Wildman–Crippen MR) is 148 cm³/mol. The Morgan fingerprint density at radius 2 is 1.85 bits per heavy atom. The Balaban J connectivity index is 1.19. The van der Waals surface area contributed by atoms with Gasteiger partial charge in [-0.25, -0.2) is 14.8 Å². The van der Waals surface area contributed by atoms with Crippen molar-refractivity contribution in [2.75, 3.05) is 25.2 Å². The van der Waals surface area contributed by atoms with Crippen LogP contribution in [0, 0.1) is 5.92 Å². The number of aromatic nitrogens is 4. The van der Waals surface area contributed by atoms with Crippen LogP contribution in [0.1, 0.15) is 51.4 Å². The van der Waals surface area contributed by atoms with E-state index in [1.54, 1.807) is 11.1 Å². The van der Waals surface area contributed by atoms with Crippen LogP contribution in [0.15, 0.2) is 30.5 Å². The summed E-state index contributed by atoms with van der Waals surface area (Å²) in [6.07, 6.45) is 4.18. The van der Waals surface area contributed by atoms with E-state index in [1.165, 1.54) is 0 Å². The normalized spacial score (nSPS) is 19.4. The van der Waals surface area contributed by atoms with Crippen molar-refractivity contribution in [1.29, 1.82) is 0 Å². The third kappa shape index (κ3) is 5.02. The molecule has 0 spiro atoms. The molecule has 4 aliphatic rings. The Labute approximate surface area is 237 Å². The highest BCUT2D eigenvalue weighted by atomic mass is 16.7. The minimum Gasteiger partial charge on any atom is -0.454 e. The molecule has 1 aliphatic carbocycles. The number of hydrogen-bond donors (Lipinski definition) is 1. The summed E-state index contributed by atoms with van der Waals surface area (Å²) < 4.78 is 18.7. The van der Waals surface area contributed by atoms with Gasteiger partial charge in [-0.2, -0.15) is 4.98 Å². The van der Waals surface area contributed by atoms with Gasteiger partial charge in [-0.3, -0.25) is 14.3 Å². The summed E-state index contributed by atoms with van der Waals surface area (Å²) in [4.78, 5) is 43.3. The highest BCUT2D eigenvalue weighted by Gasteiger charge is 2.37. The van der Waals surface area contributed by atoms with Gasteiger partial charge in [0.2, 0.25) is 18.6 Å². The summed E-state index contributed by atoms with van der Waals surface area (Å²) in [5.74, 6) is 3.61. The monoisotopic (exact) mass is 559 g/mol. The Morgan fingerprint density at radius 1 is 1.02 bits per heavy atom. The predicted octanol–water partition coefficient (Wildman–Crippen LogP) is 3.73. The van der Waals surface area contributed by atoms with Crippen molar-refractivity contribution in [2.45, 2.75) is 64.8 Å². The van der Waals surface area contributed by atoms with Crippen molar-refractivity contribution in [1.82, 2.24) is 29.3 Å². The maximum atomic E-state index is 12.9. The number of benzene rings is 1. The molecule has 0 bridgehead atoms. The zero-order chi connectivity index (χ0) is 28.3. The summed E-state index contributed by atoms with van der Waals surface area (Å²) in [6.45, 7) is 7.79. The van der Waals surface area contributed by atoms with E-state index >= 15 is 0 Å². The fraction of sp³-hybridized carbons (Fsp3) is 0.483. The molecule has 214 valence electrons. The van der Waals surface area contributed by atoms with Crippen LogP contribution in [-0.2, 0) is 22.6 Å². The quantitative estimate of drug-likeness (QED) is 0.498. The number of carbonyl (C=O) groups is 2. The lowest BCUT2D eigenvalue weighted by atomic mass is 10.2. The molecule has 5 heterocycles. The second-order valence-electron chi connectivity index (χ2n) is 12.0. The molecule has 7 rings (SSSR count). The maximum Gasteiger partial charge on any atom is 0.410 e. The SMILES string of the molecule is CC(C)(C)OC(=O)N1Cc2nc(-c3ccc4c(c3)OCO4)n(-c3ccnc(N[C@H]4CCN(C(=O)C5CC5)C4)n3)c2C1. The average molecular weight is 560 g/mol. The number of hydrogen-bond acceptors (Lipinski definition) is 9. The topological polar surface area (TPSA) is 124 Å². The van der Waals surface area contributed by atoms with E-state index in [0.29, 0.717) is 48.7 Å². The minimum atomic E-state index is -0.600. The third-order valence-electron chi connectivity index (χ3n) is 7.65. The van der Waals surface area contributed by atoms with Crippen molar-refractivity contribution < 1.29 is 23.8 Å². The zero-order valence-electron chi connectivity index (χ0n) is 23.4. The summed E-state index contributed by atoms with van der Waals surface area (Å²) >= 11 is 0. The fourth-order valence-corrected chi connectivity index (χ4v) is 5.53. The maximum absolute atomic E-state index is 12.9. The Kier molecular flexibility index (Phi) is 6.02. The van der Waals surface area contributed by atoms with Gasteiger partial charge in [-0.1, -0.05) is 0 Å². The van der Waals surface area contributed by atoms with E-state index in [2.05, 4.69) is 10.3 Å². The lowest BCUT2D eigenvalue weighted by Crippen LogP contribution is -2.33. The van der Waals surface area contributed by atoms with E-state index in [9.17, 15) is 9.59 Å². The Morgan fingerprint density at radius 3 is 2.66 bits per heavy atom. The van der Waals surface area contributed by atoms with Crippen molar-refractivity contribution in [3.63, 3.8) is 0 Å². The first kappa shape index (κ1) is 25.6. The molecule has 12 nitrogen and oxygen atoms in total. The van der Waals surface area contributed by atoms with Crippen LogP contribution >= 0.6 is 0 Å². The van der Waals surface area contributed by atoms with Crippen LogP contribution < -0.4 is 14.8 Å². The number of anilines is 1. The second kappa shape index (κ2) is 9.64. The van der Waals surface area contributed by atoms with Gasteiger partial charge < -0.3 is 24.4 Å². The van der Waals surface area contributed by atoms with Crippen LogP contribution in [0.2, 0.25) is 0 Å². The molecule has 12 heteroatoms. The van der Waals surface area contributed by atoms with E-state index in [1.807, 2.05) is 54.5 Å². The first-order valence-electron chi connectivity index (χ1n) is 14.1. The van der Waals surface area contributed by atoms with Crippen LogP contribution in [0.4, 0.5) is 10.7 Å². The van der Waals surface area contributed by atoms with E-state index in [-0.39, 0.29) is 30.8 Å². The van der Waals surface area contributed by atoms with Gasteiger partial charge >= 0.3 is 6.09 Å².